The summed E-state index contributed by atoms with van der Waals surface area (Å²) in [7, 11) is 0. The summed E-state index contributed by atoms with van der Waals surface area (Å²) in [5.74, 6) is 2.03. The molecular weight excluding hydrogens is 276 g/mol. The zero-order chi connectivity index (χ0) is 15.1. The molecule has 5 nitrogen and oxygen atoms in total. The topological polar surface area (TPSA) is 49.3 Å². The Hall–Kier alpha value is -1.65. The Bertz CT molecular complexity index is 572. The fraction of sp³-hybridized carbons (Fsp3) is 0.706. The Morgan fingerprint density at radius 1 is 1.23 bits per heavy atom. The van der Waals surface area contributed by atoms with Crippen molar-refractivity contribution in [3.63, 3.8) is 0 Å². The minimum Gasteiger partial charge on any atom is -0.338 e. The fourth-order valence-electron chi connectivity index (χ4n) is 3.99. The standard InChI is InChI=1S/C17H24N4O/c1-12-7-8-18-17(19-12)20-10-14-5-6-15(11-20)21(16(14)22)9-13-3-2-4-13/h7-8,13-15H,2-6,9-11H2,1H3/t14-,15+/m0/s1. The first-order valence-corrected chi connectivity index (χ1v) is 8.56. The first kappa shape index (κ1) is 14.0. The van der Waals surface area contributed by atoms with Gasteiger partial charge in [-0.2, -0.15) is 0 Å². The van der Waals surface area contributed by atoms with E-state index in [1.165, 1.54) is 19.3 Å². The number of hydrogen-bond acceptors (Lipinski definition) is 4. The molecule has 4 heterocycles. The molecule has 5 heteroatoms. The number of rotatable bonds is 3. The van der Waals surface area contributed by atoms with Crippen LogP contribution in [0.4, 0.5) is 5.95 Å². The van der Waals surface area contributed by atoms with E-state index in [1.54, 1.807) is 0 Å². The van der Waals surface area contributed by atoms with Gasteiger partial charge in [-0.3, -0.25) is 4.79 Å². The molecule has 0 radical (unpaired) electrons. The van der Waals surface area contributed by atoms with Gasteiger partial charge in [-0.15, -0.1) is 0 Å². The highest BCUT2D eigenvalue weighted by Gasteiger charge is 2.42. The summed E-state index contributed by atoms with van der Waals surface area (Å²) in [6.07, 6.45) is 7.90. The van der Waals surface area contributed by atoms with E-state index in [4.69, 9.17) is 0 Å². The molecule has 3 saturated heterocycles. The van der Waals surface area contributed by atoms with E-state index in [0.717, 1.165) is 50.0 Å². The Morgan fingerprint density at radius 2 is 2.09 bits per heavy atom. The predicted molar refractivity (Wildman–Crippen MR) is 84.5 cm³/mol. The van der Waals surface area contributed by atoms with Crippen molar-refractivity contribution in [1.29, 1.82) is 0 Å². The van der Waals surface area contributed by atoms with E-state index >= 15 is 0 Å². The quantitative estimate of drug-likeness (QED) is 0.857. The van der Waals surface area contributed by atoms with Crippen molar-refractivity contribution < 1.29 is 4.79 Å². The highest BCUT2D eigenvalue weighted by atomic mass is 16.2. The Morgan fingerprint density at radius 3 is 2.82 bits per heavy atom. The first-order valence-electron chi connectivity index (χ1n) is 8.56. The lowest BCUT2D eigenvalue weighted by atomic mass is 9.83. The number of amides is 1. The van der Waals surface area contributed by atoms with E-state index in [2.05, 4.69) is 19.8 Å². The molecule has 2 atom stereocenters. The van der Waals surface area contributed by atoms with Crippen molar-refractivity contribution in [3.8, 4) is 0 Å². The molecule has 2 bridgehead atoms. The molecule has 1 aromatic heterocycles. The highest BCUT2D eigenvalue weighted by Crippen LogP contribution is 2.34. The number of anilines is 1. The molecule has 0 spiro atoms. The van der Waals surface area contributed by atoms with Gasteiger partial charge in [0.25, 0.3) is 0 Å². The van der Waals surface area contributed by atoms with Crippen LogP contribution in [-0.2, 0) is 4.79 Å². The molecule has 1 saturated carbocycles. The second kappa shape index (κ2) is 5.52. The van der Waals surface area contributed by atoms with E-state index in [-0.39, 0.29) is 5.92 Å². The average molecular weight is 300 g/mol. The lowest BCUT2D eigenvalue weighted by molar-refractivity contribution is -0.141. The van der Waals surface area contributed by atoms with Crippen LogP contribution in [0.5, 0.6) is 0 Å². The van der Waals surface area contributed by atoms with Gasteiger partial charge in [-0.05, 0) is 44.6 Å². The summed E-state index contributed by atoms with van der Waals surface area (Å²) in [5.41, 5.74) is 0.985. The largest absolute Gasteiger partial charge is 0.338 e. The van der Waals surface area contributed by atoms with Crippen molar-refractivity contribution in [2.45, 2.75) is 45.1 Å². The molecule has 22 heavy (non-hydrogen) atoms. The second-order valence-electron chi connectivity index (χ2n) is 7.12. The summed E-state index contributed by atoms with van der Waals surface area (Å²) in [6, 6.07) is 2.26. The smallest absolute Gasteiger partial charge is 0.227 e. The van der Waals surface area contributed by atoms with E-state index in [9.17, 15) is 4.79 Å². The van der Waals surface area contributed by atoms with Crippen molar-refractivity contribution >= 4 is 11.9 Å². The molecule has 0 N–H and O–H groups in total. The molecule has 1 aliphatic carbocycles. The van der Waals surface area contributed by atoms with Crippen LogP contribution >= 0.6 is 0 Å². The number of nitrogens with zero attached hydrogens (tertiary/aromatic N) is 4. The maximum atomic E-state index is 12.8. The van der Waals surface area contributed by atoms with E-state index < -0.39 is 0 Å². The summed E-state index contributed by atoms with van der Waals surface area (Å²) >= 11 is 0. The van der Waals surface area contributed by atoms with Gasteiger partial charge in [0.05, 0.1) is 5.92 Å². The molecule has 5 rings (SSSR count). The van der Waals surface area contributed by atoms with Crippen LogP contribution in [0.3, 0.4) is 0 Å². The van der Waals surface area contributed by atoms with Crippen LogP contribution in [0.15, 0.2) is 12.3 Å². The Balaban J connectivity index is 1.55. The summed E-state index contributed by atoms with van der Waals surface area (Å²) in [6.45, 7) is 4.63. The van der Waals surface area contributed by atoms with Crippen molar-refractivity contribution in [1.82, 2.24) is 14.9 Å². The summed E-state index contributed by atoms with van der Waals surface area (Å²) in [4.78, 5) is 26.2. The zero-order valence-electron chi connectivity index (χ0n) is 13.2. The number of aromatic nitrogens is 2. The van der Waals surface area contributed by atoms with Gasteiger partial charge in [0, 0.05) is 37.6 Å². The number of hydrogen-bond donors (Lipinski definition) is 0. The van der Waals surface area contributed by atoms with Crippen LogP contribution in [0.2, 0.25) is 0 Å². The van der Waals surface area contributed by atoms with Crippen LogP contribution in [-0.4, -0.2) is 46.5 Å². The summed E-state index contributed by atoms with van der Waals surface area (Å²) < 4.78 is 0. The summed E-state index contributed by atoms with van der Waals surface area (Å²) in [5, 5.41) is 0. The highest BCUT2D eigenvalue weighted by molar-refractivity contribution is 5.81. The van der Waals surface area contributed by atoms with Gasteiger partial charge in [-0.1, -0.05) is 6.42 Å². The van der Waals surface area contributed by atoms with E-state index in [1.807, 2.05) is 19.2 Å². The number of aryl methyl sites for hydroxylation is 1. The molecule has 4 fully saturated rings. The normalized spacial score (nSPS) is 28.7. The van der Waals surface area contributed by atoms with E-state index in [0.29, 0.717) is 11.9 Å². The van der Waals surface area contributed by atoms with Crippen molar-refractivity contribution in [2.75, 3.05) is 24.5 Å². The molecule has 3 aliphatic heterocycles. The predicted octanol–water partition coefficient (Wildman–Crippen LogP) is 2.01. The number of piperidine rings is 1. The monoisotopic (exact) mass is 300 g/mol. The fourth-order valence-corrected chi connectivity index (χ4v) is 3.99. The molecule has 0 unspecified atom stereocenters. The molecular formula is C17H24N4O. The molecule has 118 valence electrons. The number of fused-ring (bicyclic) bond motifs is 4. The third-order valence-electron chi connectivity index (χ3n) is 5.54. The first-order chi connectivity index (χ1) is 10.7. The minimum atomic E-state index is 0.128. The van der Waals surface area contributed by atoms with Gasteiger partial charge in [0.15, 0.2) is 0 Å². The molecule has 1 aromatic rings. The third-order valence-corrected chi connectivity index (χ3v) is 5.54. The van der Waals surface area contributed by atoms with Crippen LogP contribution in [0.25, 0.3) is 0 Å². The van der Waals surface area contributed by atoms with Crippen molar-refractivity contribution in [3.05, 3.63) is 18.0 Å². The number of carbonyl (C=O) groups is 1. The molecule has 1 amide bonds. The molecule has 0 aromatic carbocycles. The minimum absolute atomic E-state index is 0.128. The molecule has 4 aliphatic rings. The Kier molecular flexibility index (Phi) is 3.51. The van der Waals surface area contributed by atoms with Crippen LogP contribution in [0.1, 0.15) is 37.8 Å². The second-order valence-corrected chi connectivity index (χ2v) is 7.12. The SMILES string of the molecule is Cc1ccnc(N2C[C@@H]3CC[C@H](C2)N(CC2CCC2)C3=O)n1. The lowest BCUT2D eigenvalue weighted by Gasteiger charge is -2.40. The van der Waals surface area contributed by atoms with Gasteiger partial charge >= 0.3 is 0 Å². The van der Waals surface area contributed by atoms with Crippen LogP contribution < -0.4 is 4.90 Å². The lowest BCUT2D eigenvalue weighted by Crippen LogP contribution is -2.50. The maximum absolute atomic E-state index is 12.8. The van der Waals surface area contributed by atoms with Crippen molar-refractivity contribution in [2.24, 2.45) is 11.8 Å². The third kappa shape index (κ3) is 2.46. The average Bonchev–Trinajstić information content (AvgIpc) is 2.75. The zero-order valence-corrected chi connectivity index (χ0v) is 13.2. The van der Waals surface area contributed by atoms with Gasteiger partial charge in [0.1, 0.15) is 0 Å². The number of carbonyl (C=O) groups excluding carboxylic acids is 1. The maximum Gasteiger partial charge on any atom is 0.227 e. The van der Waals surface area contributed by atoms with Gasteiger partial charge in [0.2, 0.25) is 11.9 Å². The van der Waals surface area contributed by atoms with Gasteiger partial charge in [-0.25, -0.2) is 9.97 Å². The Labute approximate surface area is 131 Å². The van der Waals surface area contributed by atoms with Gasteiger partial charge < -0.3 is 9.80 Å². The van der Waals surface area contributed by atoms with Crippen LogP contribution in [0, 0.1) is 18.8 Å².